The van der Waals surface area contributed by atoms with E-state index in [0.717, 1.165) is 33.8 Å². The minimum absolute atomic E-state index is 0.145. The van der Waals surface area contributed by atoms with E-state index in [1.54, 1.807) is 0 Å². The van der Waals surface area contributed by atoms with Gasteiger partial charge in [-0.1, -0.05) is 35.8 Å². The van der Waals surface area contributed by atoms with Crippen LogP contribution in [0.15, 0.2) is 72.8 Å². The summed E-state index contributed by atoms with van der Waals surface area (Å²) in [6.07, 6.45) is 0.291. The molecular weight excluding hydrogens is 368 g/mol. The highest BCUT2D eigenvalue weighted by atomic mass is 16.5. The average molecular weight is 395 g/mol. The number of hydrogen-bond acceptors (Lipinski definition) is 2. The molecule has 0 saturated heterocycles. The van der Waals surface area contributed by atoms with E-state index in [2.05, 4.69) is 23.7 Å². The van der Waals surface area contributed by atoms with Crippen molar-refractivity contribution in [3.05, 3.63) is 95.1 Å². The molecule has 0 atom stereocenters. The maximum atomic E-state index is 5.72. The summed E-state index contributed by atoms with van der Waals surface area (Å²) >= 11 is 0. The summed E-state index contributed by atoms with van der Waals surface area (Å²) in [4.78, 5) is 0. The molecule has 150 valence electrons. The van der Waals surface area contributed by atoms with E-state index in [1.165, 1.54) is 0 Å². The predicted octanol–water partition coefficient (Wildman–Crippen LogP) is 6.06. The lowest BCUT2D eigenvalue weighted by Crippen LogP contribution is -2.05. The van der Waals surface area contributed by atoms with Crippen molar-refractivity contribution < 1.29 is 9.47 Å². The second kappa shape index (κ2) is 10.2. The minimum atomic E-state index is 0.145. The largest absolute Gasteiger partial charge is 0.491 e. The van der Waals surface area contributed by atoms with Crippen LogP contribution in [0.3, 0.4) is 0 Å². The Morgan fingerprint density at radius 1 is 0.500 bits per heavy atom. The summed E-state index contributed by atoms with van der Waals surface area (Å²) in [6, 6.07) is 23.7. The molecular formula is C28H26O2. The molecule has 0 bridgehead atoms. The van der Waals surface area contributed by atoms with Crippen LogP contribution in [0.2, 0.25) is 0 Å². The van der Waals surface area contributed by atoms with E-state index in [-0.39, 0.29) is 12.2 Å². The van der Waals surface area contributed by atoms with Crippen LogP contribution in [0.25, 0.3) is 0 Å². The van der Waals surface area contributed by atoms with Gasteiger partial charge in [-0.3, -0.25) is 0 Å². The van der Waals surface area contributed by atoms with Crippen LogP contribution < -0.4 is 9.47 Å². The first-order valence-corrected chi connectivity index (χ1v) is 10.2. The Kier molecular flexibility index (Phi) is 7.20. The molecule has 0 aliphatic carbocycles. The minimum Gasteiger partial charge on any atom is -0.491 e. The lowest BCUT2D eigenvalue weighted by molar-refractivity contribution is 0.242. The highest BCUT2D eigenvalue weighted by molar-refractivity contribution is 5.49. The summed E-state index contributed by atoms with van der Waals surface area (Å²) in [6.45, 7) is 8.05. The molecule has 0 aliphatic heterocycles. The van der Waals surface area contributed by atoms with Gasteiger partial charge in [0.2, 0.25) is 0 Å². The molecule has 3 rings (SSSR count). The van der Waals surface area contributed by atoms with Gasteiger partial charge >= 0.3 is 0 Å². The van der Waals surface area contributed by atoms with Crippen LogP contribution in [0.5, 0.6) is 11.5 Å². The highest BCUT2D eigenvalue weighted by Gasteiger charge is 1.99. The molecule has 0 amide bonds. The van der Waals surface area contributed by atoms with Crippen LogP contribution in [-0.2, 0) is 0 Å². The number of ether oxygens (including phenoxy) is 2. The van der Waals surface area contributed by atoms with E-state index in [0.29, 0.717) is 0 Å². The number of hydrogen-bond donors (Lipinski definition) is 0. The van der Waals surface area contributed by atoms with Gasteiger partial charge in [-0.2, -0.15) is 0 Å². The van der Waals surface area contributed by atoms with Gasteiger partial charge in [0.1, 0.15) is 11.5 Å². The molecule has 2 nitrogen and oxygen atoms in total. The second-order valence-electron chi connectivity index (χ2n) is 7.47. The number of benzene rings is 3. The van der Waals surface area contributed by atoms with Gasteiger partial charge in [-0.05, 0) is 88.4 Å². The van der Waals surface area contributed by atoms with Crippen molar-refractivity contribution in [2.75, 3.05) is 0 Å². The van der Waals surface area contributed by atoms with Gasteiger partial charge in [0.05, 0.1) is 12.2 Å². The fraction of sp³-hybridized carbons (Fsp3) is 0.214. The van der Waals surface area contributed by atoms with Crippen molar-refractivity contribution in [1.29, 1.82) is 0 Å². The molecule has 2 heteroatoms. The van der Waals surface area contributed by atoms with Crippen molar-refractivity contribution in [2.45, 2.75) is 39.9 Å². The first kappa shape index (κ1) is 21.1. The van der Waals surface area contributed by atoms with Gasteiger partial charge in [-0.15, -0.1) is 0 Å². The fourth-order valence-electron chi connectivity index (χ4n) is 2.76. The van der Waals surface area contributed by atoms with E-state index >= 15 is 0 Å². The van der Waals surface area contributed by atoms with Crippen LogP contribution in [-0.4, -0.2) is 12.2 Å². The Balaban J connectivity index is 1.69. The molecule has 0 aromatic heterocycles. The zero-order valence-electron chi connectivity index (χ0n) is 17.9. The van der Waals surface area contributed by atoms with Gasteiger partial charge in [0, 0.05) is 22.3 Å². The van der Waals surface area contributed by atoms with Crippen LogP contribution >= 0.6 is 0 Å². The Labute approximate surface area is 179 Å². The fourth-order valence-corrected chi connectivity index (χ4v) is 2.76. The third-order valence-electron chi connectivity index (χ3n) is 4.00. The molecule has 3 aromatic rings. The summed E-state index contributed by atoms with van der Waals surface area (Å²) in [5.74, 6) is 14.5. The van der Waals surface area contributed by atoms with E-state index in [4.69, 9.17) is 9.47 Å². The van der Waals surface area contributed by atoms with Crippen molar-refractivity contribution in [3.8, 4) is 35.2 Å². The van der Waals surface area contributed by atoms with Crippen LogP contribution in [0, 0.1) is 23.7 Å². The average Bonchev–Trinajstić information content (AvgIpc) is 2.71. The molecule has 0 spiro atoms. The topological polar surface area (TPSA) is 18.5 Å². The quantitative estimate of drug-likeness (QED) is 0.501. The standard InChI is InChI=1S/C28H26O2/c1-21(2)29-27-9-5-7-25(19-27)17-15-23-11-13-24(14-12-23)16-18-26-8-6-10-28(20-26)30-22(3)4/h5-14,19-22H,1-4H3. The molecule has 0 unspecified atom stereocenters. The number of rotatable bonds is 4. The van der Waals surface area contributed by atoms with Crippen LogP contribution in [0.1, 0.15) is 49.9 Å². The SMILES string of the molecule is CC(C)Oc1cccc(C#Cc2ccc(C#Cc3cccc(OC(C)C)c3)cc2)c1. The van der Waals surface area contributed by atoms with E-state index in [1.807, 2.05) is 100 Å². The van der Waals surface area contributed by atoms with Gasteiger partial charge in [0.25, 0.3) is 0 Å². The molecule has 0 N–H and O–H groups in total. The zero-order chi connectivity index (χ0) is 21.3. The molecule has 0 radical (unpaired) electrons. The third-order valence-corrected chi connectivity index (χ3v) is 4.00. The second-order valence-corrected chi connectivity index (χ2v) is 7.47. The zero-order valence-corrected chi connectivity index (χ0v) is 17.9. The summed E-state index contributed by atoms with van der Waals surface area (Å²) in [5.41, 5.74) is 3.76. The third kappa shape index (κ3) is 6.77. The molecule has 0 heterocycles. The van der Waals surface area contributed by atoms with E-state index in [9.17, 15) is 0 Å². The first-order valence-electron chi connectivity index (χ1n) is 10.2. The lowest BCUT2D eigenvalue weighted by Gasteiger charge is -2.09. The highest BCUT2D eigenvalue weighted by Crippen LogP contribution is 2.15. The molecule has 3 aromatic carbocycles. The van der Waals surface area contributed by atoms with Crippen molar-refractivity contribution >= 4 is 0 Å². The Morgan fingerprint density at radius 3 is 1.23 bits per heavy atom. The molecule has 0 aliphatic rings. The summed E-state index contributed by atoms with van der Waals surface area (Å²) < 4.78 is 11.4. The molecule has 0 fully saturated rings. The molecule has 30 heavy (non-hydrogen) atoms. The summed E-state index contributed by atoms with van der Waals surface area (Å²) in [5, 5.41) is 0. The van der Waals surface area contributed by atoms with Gasteiger partial charge in [0.15, 0.2) is 0 Å². The first-order chi connectivity index (χ1) is 14.5. The van der Waals surface area contributed by atoms with Crippen molar-refractivity contribution in [3.63, 3.8) is 0 Å². The predicted molar refractivity (Wildman–Crippen MR) is 123 cm³/mol. The van der Waals surface area contributed by atoms with E-state index < -0.39 is 0 Å². The smallest absolute Gasteiger partial charge is 0.120 e. The normalized spacial score (nSPS) is 10.1. The monoisotopic (exact) mass is 394 g/mol. The lowest BCUT2D eigenvalue weighted by atomic mass is 10.1. The Bertz CT molecular complexity index is 1010. The molecule has 0 saturated carbocycles. The van der Waals surface area contributed by atoms with Gasteiger partial charge < -0.3 is 9.47 Å². The Morgan fingerprint density at radius 2 is 0.867 bits per heavy atom. The van der Waals surface area contributed by atoms with Gasteiger partial charge in [-0.25, -0.2) is 0 Å². The maximum absolute atomic E-state index is 5.72. The van der Waals surface area contributed by atoms with Crippen molar-refractivity contribution in [2.24, 2.45) is 0 Å². The summed E-state index contributed by atoms with van der Waals surface area (Å²) in [7, 11) is 0. The maximum Gasteiger partial charge on any atom is 0.120 e. The van der Waals surface area contributed by atoms with Crippen LogP contribution in [0.4, 0.5) is 0 Å². The Hall–Kier alpha value is -3.62. The van der Waals surface area contributed by atoms with Crippen molar-refractivity contribution in [1.82, 2.24) is 0 Å².